The third-order valence-corrected chi connectivity index (χ3v) is 4.11. The molecule has 1 amide bonds. The summed E-state index contributed by atoms with van der Waals surface area (Å²) in [4.78, 5) is 12.8. The number of rotatable bonds is 10. The van der Waals surface area contributed by atoms with E-state index < -0.39 is 0 Å². The normalized spacial score (nSPS) is 10.5. The van der Waals surface area contributed by atoms with Crippen LogP contribution in [-0.2, 0) is 6.54 Å². The number of ether oxygens (including phenoxy) is 3. The lowest BCUT2D eigenvalue weighted by atomic mass is 10.1. The van der Waals surface area contributed by atoms with Gasteiger partial charge < -0.3 is 19.5 Å². The second-order valence-electron chi connectivity index (χ2n) is 6.13. The van der Waals surface area contributed by atoms with Gasteiger partial charge in [0.2, 0.25) is 5.75 Å². The first-order valence-corrected chi connectivity index (χ1v) is 9.85. The van der Waals surface area contributed by atoms with Crippen molar-refractivity contribution >= 4 is 5.91 Å². The Morgan fingerprint density at radius 2 is 1.60 bits per heavy atom. The summed E-state index contributed by atoms with van der Waals surface area (Å²) in [6.45, 7) is 7.09. The number of hydrogen-bond donors (Lipinski definition) is 1. The van der Waals surface area contributed by atoms with E-state index in [0.29, 0.717) is 48.5 Å². The van der Waals surface area contributed by atoms with Crippen LogP contribution in [0.3, 0.4) is 0 Å². The largest absolute Gasteiger partial charge is 0.490 e. The molecule has 0 atom stereocenters. The highest BCUT2D eigenvalue weighted by atomic mass is 16.5. The van der Waals surface area contributed by atoms with E-state index in [1.807, 2.05) is 51.1 Å². The number of hydrogen-bond acceptors (Lipinski definition) is 7. The van der Waals surface area contributed by atoms with Gasteiger partial charge in [-0.15, -0.1) is 5.10 Å². The highest BCUT2D eigenvalue weighted by Crippen LogP contribution is 2.39. The number of tetrazole rings is 1. The van der Waals surface area contributed by atoms with Gasteiger partial charge in [0.1, 0.15) is 0 Å². The van der Waals surface area contributed by atoms with Crippen LogP contribution in [0.25, 0.3) is 5.69 Å². The van der Waals surface area contributed by atoms with Gasteiger partial charge in [-0.25, -0.2) is 0 Å². The number of amides is 1. The van der Waals surface area contributed by atoms with Gasteiger partial charge in [0.15, 0.2) is 17.3 Å². The standard InChI is InChI=1S/C21H25N5O4/c1-4-28-17-12-15(13-18(29-5-2)20(17)30-6-3)21(27)22-14-19-23-24-25-26(19)16-10-8-7-9-11-16/h7-13H,4-6,14H2,1-3H3,(H,22,27). The maximum absolute atomic E-state index is 12.8. The third kappa shape index (κ3) is 4.86. The summed E-state index contributed by atoms with van der Waals surface area (Å²) in [5.41, 5.74) is 1.20. The molecule has 0 aliphatic rings. The van der Waals surface area contributed by atoms with Gasteiger partial charge in [-0.2, -0.15) is 4.68 Å². The zero-order valence-electron chi connectivity index (χ0n) is 17.3. The van der Waals surface area contributed by atoms with Gasteiger partial charge in [-0.05, 0) is 55.5 Å². The first kappa shape index (κ1) is 21.1. The smallest absolute Gasteiger partial charge is 0.251 e. The van der Waals surface area contributed by atoms with Gasteiger partial charge in [-0.1, -0.05) is 18.2 Å². The Hall–Kier alpha value is -3.62. The summed E-state index contributed by atoms with van der Waals surface area (Å²) in [6.07, 6.45) is 0. The van der Waals surface area contributed by atoms with Crippen molar-refractivity contribution in [3.05, 3.63) is 53.9 Å². The van der Waals surface area contributed by atoms with Gasteiger partial charge in [0, 0.05) is 5.56 Å². The zero-order chi connectivity index (χ0) is 21.3. The molecule has 0 unspecified atom stereocenters. The topological polar surface area (TPSA) is 100 Å². The van der Waals surface area contributed by atoms with Gasteiger partial charge >= 0.3 is 0 Å². The van der Waals surface area contributed by atoms with E-state index in [1.165, 1.54) is 0 Å². The predicted octanol–water partition coefficient (Wildman–Crippen LogP) is 2.79. The molecule has 0 saturated carbocycles. The molecule has 0 radical (unpaired) electrons. The lowest BCUT2D eigenvalue weighted by Crippen LogP contribution is -2.25. The number of carbonyl (C=O) groups excluding carboxylic acids is 1. The Labute approximate surface area is 175 Å². The molecule has 2 aromatic carbocycles. The molecule has 0 fully saturated rings. The van der Waals surface area contributed by atoms with Crippen molar-refractivity contribution in [2.45, 2.75) is 27.3 Å². The van der Waals surface area contributed by atoms with E-state index in [4.69, 9.17) is 14.2 Å². The minimum absolute atomic E-state index is 0.155. The fourth-order valence-corrected chi connectivity index (χ4v) is 2.87. The molecule has 1 N–H and O–H groups in total. The summed E-state index contributed by atoms with van der Waals surface area (Å²) in [5.74, 6) is 1.62. The van der Waals surface area contributed by atoms with E-state index in [9.17, 15) is 4.79 Å². The second-order valence-corrected chi connectivity index (χ2v) is 6.13. The molecule has 9 heteroatoms. The van der Waals surface area contributed by atoms with Crippen LogP contribution in [0.1, 0.15) is 37.0 Å². The Bertz CT molecular complexity index is 948. The molecule has 158 valence electrons. The summed E-state index contributed by atoms with van der Waals surface area (Å²) in [5, 5.41) is 14.6. The molecule has 9 nitrogen and oxygen atoms in total. The SMILES string of the molecule is CCOc1cc(C(=O)NCc2nnnn2-c2ccccc2)cc(OCC)c1OCC. The first-order chi connectivity index (χ1) is 14.7. The molecule has 30 heavy (non-hydrogen) atoms. The highest BCUT2D eigenvalue weighted by molar-refractivity contribution is 5.95. The first-order valence-electron chi connectivity index (χ1n) is 9.85. The van der Waals surface area contributed by atoms with Crippen LogP contribution >= 0.6 is 0 Å². The van der Waals surface area contributed by atoms with Crippen LogP contribution in [0.15, 0.2) is 42.5 Å². The van der Waals surface area contributed by atoms with Crippen molar-refractivity contribution in [2.75, 3.05) is 19.8 Å². The van der Waals surface area contributed by atoms with Crippen molar-refractivity contribution in [3.63, 3.8) is 0 Å². The van der Waals surface area contributed by atoms with Crippen molar-refractivity contribution in [3.8, 4) is 22.9 Å². The molecule has 0 spiro atoms. The average Bonchev–Trinajstić information content (AvgIpc) is 3.23. The molecule has 0 saturated heterocycles. The number of nitrogens with zero attached hydrogens (tertiary/aromatic N) is 4. The summed E-state index contributed by atoms with van der Waals surface area (Å²) < 4.78 is 18.6. The maximum atomic E-state index is 12.8. The average molecular weight is 411 g/mol. The number of aromatic nitrogens is 4. The second kappa shape index (κ2) is 10.2. The lowest BCUT2D eigenvalue weighted by Gasteiger charge is -2.17. The Morgan fingerprint density at radius 3 is 2.20 bits per heavy atom. The van der Waals surface area contributed by atoms with Gasteiger partial charge in [0.05, 0.1) is 32.1 Å². The van der Waals surface area contributed by atoms with E-state index in [1.54, 1.807) is 16.8 Å². The van der Waals surface area contributed by atoms with E-state index in [0.717, 1.165) is 5.69 Å². The van der Waals surface area contributed by atoms with Gasteiger partial charge in [-0.3, -0.25) is 4.79 Å². The van der Waals surface area contributed by atoms with Crippen LogP contribution in [-0.4, -0.2) is 45.9 Å². The van der Waals surface area contributed by atoms with Crippen LogP contribution in [0.2, 0.25) is 0 Å². The van der Waals surface area contributed by atoms with Crippen LogP contribution in [0, 0.1) is 0 Å². The van der Waals surface area contributed by atoms with Crippen LogP contribution in [0.5, 0.6) is 17.2 Å². The monoisotopic (exact) mass is 411 g/mol. The van der Waals surface area contributed by atoms with E-state index >= 15 is 0 Å². The van der Waals surface area contributed by atoms with Crippen LogP contribution in [0.4, 0.5) is 0 Å². The molecule has 3 aromatic rings. The quantitative estimate of drug-likeness (QED) is 0.547. The molecule has 0 bridgehead atoms. The minimum Gasteiger partial charge on any atom is -0.490 e. The fraction of sp³-hybridized carbons (Fsp3) is 0.333. The molecule has 3 rings (SSSR count). The molecule has 0 aliphatic carbocycles. The number of nitrogens with one attached hydrogen (secondary N) is 1. The van der Waals surface area contributed by atoms with Gasteiger partial charge in [0.25, 0.3) is 5.91 Å². The lowest BCUT2D eigenvalue weighted by molar-refractivity contribution is 0.0948. The maximum Gasteiger partial charge on any atom is 0.251 e. The molecular weight excluding hydrogens is 386 g/mol. The number of benzene rings is 2. The zero-order valence-corrected chi connectivity index (χ0v) is 17.3. The van der Waals surface area contributed by atoms with Crippen molar-refractivity contribution in [2.24, 2.45) is 0 Å². The van der Waals surface area contributed by atoms with Crippen molar-refractivity contribution < 1.29 is 19.0 Å². The Morgan fingerprint density at radius 1 is 0.967 bits per heavy atom. The molecular formula is C21H25N5O4. The molecule has 1 aromatic heterocycles. The van der Waals surface area contributed by atoms with Crippen molar-refractivity contribution in [1.29, 1.82) is 0 Å². The molecule has 1 heterocycles. The minimum atomic E-state index is -0.303. The Kier molecular flexibility index (Phi) is 7.20. The Balaban J connectivity index is 1.81. The molecule has 0 aliphatic heterocycles. The summed E-state index contributed by atoms with van der Waals surface area (Å²) in [7, 11) is 0. The summed E-state index contributed by atoms with van der Waals surface area (Å²) in [6, 6.07) is 12.8. The number of para-hydroxylation sites is 1. The van der Waals surface area contributed by atoms with Crippen LogP contribution < -0.4 is 19.5 Å². The highest BCUT2D eigenvalue weighted by Gasteiger charge is 2.19. The third-order valence-electron chi connectivity index (χ3n) is 4.11. The fourth-order valence-electron chi connectivity index (χ4n) is 2.87. The van der Waals surface area contributed by atoms with E-state index in [-0.39, 0.29) is 12.5 Å². The predicted molar refractivity (Wildman–Crippen MR) is 110 cm³/mol. The number of carbonyl (C=O) groups is 1. The van der Waals surface area contributed by atoms with Crippen molar-refractivity contribution in [1.82, 2.24) is 25.5 Å². The summed E-state index contributed by atoms with van der Waals surface area (Å²) >= 11 is 0. The van der Waals surface area contributed by atoms with E-state index in [2.05, 4.69) is 20.8 Å².